The highest BCUT2D eigenvalue weighted by Crippen LogP contribution is 2.31. The molecule has 1 saturated carbocycles. The fraction of sp³-hybridized carbons (Fsp3) is 0.333. The van der Waals surface area contributed by atoms with Crippen molar-refractivity contribution in [1.29, 1.82) is 0 Å². The van der Waals surface area contributed by atoms with Gasteiger partial charge in [0.1, 0.15) is 0 Å². The molecular weight excluding hydrogens is 472 g/mol. The highest BCUT2D eigenvalue weighted by atomic mass is 79.9. The molecule has 2 aromatic carbocycles. The monoisotopic (exact) mass is 492 g/mol. The molecule has 27 heavy (non-hydrogen) atoms. The van der Waals surface area contributed by atoms with Crippen molar-refractivity contribution in [3.8, 4) is 0 Å². The van der Waals surface area contributed by atoms with Gasteiger partial charge in [-0.15, -0.1) is 0 Å². The third kappa shape index (κ3) is 5.91. The van der Waals surface area contributed by atoms with Gasteiger partial charge in [-0.25, -0.2) is 0 Å². The van der Waals surface area contributed by atoms with E-state index in [1.54, 1.807) is 0 Å². The van der Waals surface area contributed by atoms with Gasteiger partial charge in [-0.05, 0) is 48.2 Å². The lowest BCUT2D eigenvalue weighted by Gasteiger charge is -2.26. The van der Waals surface area contributed by atoms with Crippen LogP contribution < -0.4 is 5.32 Å². The van der Waals surface area contributed by atoms with Crippen molar-refractivity contribution in [1.82, 2.24) is 10.2 Å². The van der Waals surface area contributed by atoms with Crippen molar-refractivity contribution >= 4 is 43.7 Å². The van der Waals surface area contributed by atoms with E-state index in [1.165, 1.54) is 6.92 Å². The van der Waals surface area contributed by atoms with Crippen LogP contribution in [0.3, 0.4) is 0 Å². The molecule has 142 valence electrons. The molecule has 1 unspecified atom stereocenters. The smallest absolute Gasteiger partial charge is 0.225 e. The van der Waals surface area contributed by atoms with E-state index in [4.69, 9.17) is 0 Å². The maximum Gasteiger partial charge on any atom is 0.225 e. The quantitative estimate of drug-likeness (QED) is 0.591. The summed E-state index contributed by atoms with van der Waals surface area (Å²) in [4.78, 5) is 26.7. The Balaban J connectivity index is 1.75. The second-order valence-corrected chi connectivity index (χ2v) is 8.72. The average Bonchev–Trinajstić information content (AvgIpc) is 3.44. The molecule has 2 aromatic rings. The minimum absolute atomic E-state index is 0.0687. The zero-order chi connectivity index (χ0) is 19.4. The average molecular weight is 494 g/mol. The molecule has 3 rings (SSSR count). The Hall–Kier alpha value is -1.66. The molecule has 0 aromatic heterocycles. The lowest BCUT2D eigenvalue weighted by atomic mass is 10.0. The van der Waals surface area contributed by atoms with Gasteiger partial charge in [0, 0.05) is 28.5 Å². The highest BCUT2D eigenvalue weighted by molar-refractivity contribution is 9.10. The van der Waals surface area contributed by atoms with Crippen molar-refractivity contribution in [2.75, 3.05) is 0 Å². The SMILES string of the molecule is CC(=O)NC(CC(=O)N(Cc1cccc(Br)c1)C1CC1)c1ccc(Br)cc1. The number of nitrogens with one attached hydrogen (secondary N) is 1. The van der Waals surface area contributed by atoms with Crippen LogP contribution in [0, 0.1) is 0 Å². The first-order valence-corrected chi connectivity index (χ1v) is 10.6. The van der Waals surface area contributed by atoms with Gasteiger partial charge in [0.15, 0.2) is 0 Å². The summed E-state index contributed by atoms with van der Waals surface area (Å²) in [6.07, 6.45) is 2.34. The van der Waals surface area contributed by atoms with Crippen molar-refractivity contribution in [3.05, 3.63) is 68.6 Å². The Bertz CT molecular complexity index is 819. The molecule has 1 N–H and O–H groups in total. The van der Waals surface area contributed by atoms with E-state index in [9.17, 15) is 9.59 Å². The largest absolute Gasteiger partial charge is 0.349 e. The molecule has 6 heteroatoms. The van der Waals surface area contributed by atoms with E-state index in [-0.39, 0.29) is 24.3 Å². The lowest BCUT2D eigenvalue weighted by molar-refractivity contribution is -0.133. The van der Waals surface area contributed by atoms with Gasteiger partial charge in [0.2, 0.25) is 11.8 Å². The third-order valence-corrected chi connectivity index (χ3v) is 5.60. The van der Waals surface area contributed by atoms with E-state index in [2.05, 4.69) is 37.2 Å². The zero-order valence-corrected chi connectivity index (χ0v) is 18.3. The molecule has 1 aliphatic carbocycles. The van der Waals surface area contributed by atoms with Crippen LogP contribution in [0.1, 0.15) is 43.4 Å². The fourth-order valence-corrected chi connectivity index (χ4v) is 3.83. The van der Waals surface area contributed by atoms with E-state index in [0.717, 1.165) is 32.9 Å². The van der Waals surface area contributed by atoms with Crippen LogP contribution in [-0.2, 0) is 16.1 Å². The van der Waals surface area contributed by atoms with Gasteiger partial charge in [-0.2, -0.15) is 0 Å². The number of amides is 2. The summed E-state index contributed by atoms with van der Waals surface area (Å²) in [5.74, 6) is -0.0696. The van der Waals surface area contributed by atoms with Crippen molar-refractivity contribution in [2.24, 2.45) is 0 Å². The minimum Gasteiger partial charge on any atom is -0.349 e. The Labute approximate surface area is 176 Å². The van der Waals surface area contributed by atoms with E-state index < -0.39 is 0 Å². The molecule has 1 fully saturated rings. The summed E-state index contributed by atoms with van der Waals surface area (Å²) in [7, 11) is 0. The third-order valence-electron chi connectivity index (χ3n) is 4.58. The molecule has 0 spiro atoms. The van der Waals surface area contributed by atoms with Gasteiger partial charge in [0.25, 0.3) is 0 Å². The number of carbonyl (C=O) groups is 2. The van der Waals surface area contributed by atoms with Crippen LogP contribution in [0.15, 0.2) is 57.5 Å². The molecule has 4 nitrogen and oxygen atoms in total. The Morgan fingerprint density at radius 3 is 2.41 bits per heavy atom. The van der Waals surface area contributed by atoms with Crippen LogP contribution >= 0.6 is 31.9 Å². The standard InChI is InChI=1S/C21H22Br2N2O2/c1-14(26)24-20(16-5-7-17(22)8-6-16)12-21(27)25(19-9-10-19)13-15-3-2-4-18(23)11-15/h2-8,11,19-20H,9-10,12-13H2,1H3,(H,24,26). The summed E-state index contributed by atoms with van der Waals surface area (Å²) in [5, 5.41) is 2.92. The van der Waals surface area contributed by atoms with E-state index in [0.29, 0.717) is 12.6 Å². The van der Waals surface area contributed by atoms with Crippen LogP contribution in [0.5, 0.6) is 0 Å². The van der Waals surface area contributed by atoms with Crippen LogP contribution in [0.4, 0.5) is 0 Å². The summed E-state index contributed by atoms with van der Waals surface area (Å²) in [6, 6.07) is 15.7. The summed E-state index contributed by atoms with van der Waals surface area (Å²) in [6.45, 7) is 2.08. The van der Waals surface area contributed by atoms with Gasteiger partial charge >= 0.3 is 0 Å². The second-order valence-electron chi connectivity index (χ2n) is 6.89. The van der Waals surface area contributed by atoms with Crippen molar-refractivity contribution < 1.29 is 9.59 Å². The number of benzene rings is 2. The number of hydrogen-bond donors (Lipinski definition) is 1. The number of halogens is 2. The molecule has 0 saturated heterocycles. The first-order chi connectivity index (χ1) is 12.9. The predicted octanol–water partition coefficient (Wildman–Crippen LogP) is 4.97. The molecular formula is C21H22Br2N2O2. The maximum atomic E-state index is 13.1. The van der Waals surface area contributed by atoms with Crippen LogP contribution in [-0.4, -0.2) is 22.8 Å². The molecule has 1 atom stereocenters. The molecule has 1 aliphatic rings. The minimum atomic E-state index is -0.327. The predicted molar refractivity (Wildman–Crippen MR) is 113 cm³/mol. The lowest BCUT2D eigenvalue weighted by Crippen LogP contribution is -2.36. The Kier molecular flexibility index (Phi) is 6.71. The molecule has 0 bridgehead atoms. The topological polar surface area (TPSA) is 49.4 Å². The van der Waals surface area contributed by atoms with Crippen molar-refractivity contribution in [3.63, 3.8) is 0 Å². The normalized spacial score (nSPS) is 14.5. The van der Waals surface area contributed by atoms with E-state index in [1.807, 2.05) is 53.4 Å². The summed E-state index contributed by atoms with van der Waals surface area (Å²) in [5.41, 5.74) is 2.03. The number of hydrogen-bond acceptors (Lipinski definition) is 2. The number of nitrogens with zero attached hydrogens (tertiary/aromatic N) is 1. The summed E-state index contributed by atoms with van der Waals surface area (Å²) < 4.78 is 1.97. The maximum absolute atomic E-state index is 13.1. The molecule has 0 radical (unpaired) electrons. The van der Waals surface area contributed by atoms with Gasteiger partial charge < -0.3 is 10.2 Å². The molecule has 2 amide bonds. The number of rotatable bonds is 7. The number of carbonyl (C=O) groups excluding carboxylic acids is 2. The van der Waals surface area contributed by atoms with Gasteiger partial charge in [-0.1, -0.05) is 56.1 Å². The first kappa shape index (κ1) is 20.1. The molecule has 0 aliphatic heterocycles. The van der Waals surface area contributed by atoms with E-state index >= 15 is 0 Å². The van der Waals surface area contributed by atoms with Gasteiger partial charge in [-0.3, -0.25) is 9.59 Å². The fourth-order valence-electron chi connectivity index (χ4n) is 3.12. The second kappa shape index (κ2) is 9.02. The highest BCUT2D eigenvalue weighted by Gasteiger charge is 2.33. The van der Waals surface area contributed by atoms with Crippen molar-refractivity contribution in [2.45, 2.75) is 44.8 Å². The first-order valence-electron chi connectivity index (χ1n) is 8.99. The van der Waals surface area contributed by atoms with Crippen LogP contribution in [0.25, 0.3) is 0 Å². The summed E-state index contributed by atoms with van der Waals surface area (Å²) >= 11 is 6.91. The zero-order valence-electron chi connectivity index (χ0n) is 15.1. The van der Waals surface area contributed by atoms with Gasteiger partial charge in [0.05, 0.1) is 12.5 Å². The molecule has 0 heterocycles. The Morgan fingerprint density at radius 1 is 1.11 bits per heavy atom. The Morgan fingerprint density at radius 2 is 1.81 bits per heavy atom. The van der Waals surface area contributed by atoms with Crippen LogP contribution in [0.2, 0.25) is 0 Å².